The molecule has 118 valence electrons. The molecule has 2 aromatic carbocycles. The zero-order valence-electron chi connectivity index (χ0n) is 12.8. The van der Waals surface area contributed by atoms with Crippen LogP contribution in [0.2, 0.25) is 0 Å². The molecule has 1 heterocycles. The smallest absolute Gasteiger partial charge is 0.261 e. The highest BCUT2D eigenvalue weighted by Gasteiger charge is 2.11. The zero-order chi connectivity index (χ0) is 16.2. The Morgan fingerprint density at radius 1 is 1.17 bits per heavy atom. The van der Waals surface area contributed by atoms with Crippen LogP contribution in [0.1, 0.15) is 5.56 Å². The van der Waals surface area contributed by atoms with Gasteiger partial charge in [0.15, 0.2) is 0 Å². The lowest BCUT2D eigenvalue weighted by atomic mass is 10.1. The van der Waals surface area contributed by atoms with Crippen molar-refractivity contribution in [3.8, 4) is 5.75 Å². The fourth-order valence-corrected chi connectivity index (χ4v) is 2.46. The predicted molar refractivity (Wildman–Crippen MR) is 88.7 cm³/mol. The van der Waals surface area contributed by atoms with Gasteiger partial charge in [-0.1, -0.05) is 30.3 Å². The minimum absolute atomic E-state index is 0.113. The number of benzene rings is 2. The maximum Gasteiger partial charge on any atom is 0.261 e. The number of aromatic nitrogens is 2. The summed E-state index contributed by atoms with van der Waals surface area (Å²) in [4.78, 5) is 16.8. The second-order valence-electron chi connectivity index (χ2n) is 5.45. The van der Waals surface area contributed by atoms with E-state index >= 15 is 0 Å². The Labute approximate surface area is 133 Å². The maximum atomic E-state index is 12.5. The van der Waals surface area contributed by atoms with Crippen LogP contribution in [0.5, 0.6) is 5.75 Å². The van der Waals surface area contributed by atoms with Crippen LogP contribution in [0, 0.1) is 6.92 Å². The Hall–Kier alpha value is -2.66. The van der Waals surface area contributed by atoms with Gasteiger partial charge in [0.25, 0.3) is 5.56 Å². The number of hydrogen-bond acceptors (Lipinski definition) is 4. The summed E-state index contributed by atoms with van der Waals surface area (Å²) in [6.45, 7) is 2.17. The summed E-state index contributed by atoms with van der Waals surface area (Å²) in [5, 5.41) is 10.7. The van der Waals surface area contributed by atoms with Crippen molar-refractivity contribution in [1.82, 2.24) is 9.55 Å². The standard InChI is InChI=1S/C18H18N2O3/c1-13-6-5-9-16-17(13)19-12-20(18(16)22)10-14(21)11-23-15-7-3-2-4-8-15/h2-9,12,14,21H,10-11H2,1H3. The molecular weight excluding hydrogens is 292 g/mol. The van der Waals surface area contributed by atoms with Crippen molar-refractivity contribution < 1.29 is 9.84 Å². The van der Waals surface area contributed by atoms with Crippen molar-refractivity contribution in [2.75, 3.05) is 6.61 Å². The molecule has 3 rings (SSSR count). The molecule has 0 bridgehead atoms. The molecule has 0 saturated heterocycles. The lowest BCUT2D eigenvalue weighted by Gasteiger charge is -2.14. The van der Waals surface area contributed by atoms with Gasteiger partial charge in [-0.15, -0.1) is 0 Å². The SMILES string of the molecule is Cc1cccc2c(=O)n(CC(O)COc3ccccc3)cnc12. The maximum absolute atomic E-state index is 12.5. The molecule has 0 aliphatic rings. The van der Waals surface area contributed by atoms with Crippen molar-refractivity contribution in [2.24, 2.45) is 0 Å². The third-order valence-electron chi connectivity index (χ3n) is 3.65. The number of nitrogens with zero attached hydrogens (tertiary/aromatic N) is 2. The van der Waals surface area contributed by atoms with Crippen molar-refractivity contribution >= 4 is 10.9 Å². The predicted octanol–water partition coefficient (Wildman–Crippen LogP) is 2.14. The molecule has 0 aliphatic heterocycles. The molecule has 1 N–H and O–H groups in total. The van der Waals surface area contributed by atoms with E-state index in [2.05, 4.69) is 4.98 Å². The molecule has 3 aromatic rings. The van der Waals surface area contributed by atoms with Gasteiger partial charge in [-0.3, -0.25) is 9.36 Å². The van der Waals surface area contributed by atoms with Gasteiger partial charge in [-0.2, -0.15) is 0 Å². The van der Waals surface area contributed by atoms with Crippen molar-refractivity contribution in [2.45, 2.75) is 19.6 Å². The summed E-state index contributed by atoms with van der Waals surface area (Å²) in [5.41, 5.74) is 1.50. The minimum atomic E-state index is -0.794. The van der Waals surface area contributed by atoms with Crippen LogP contribution < -0.4 is 10.3 Å². The van der Waals surface area contributed by atoms with Crippen LogP contribution in [-0.4, -0.2) is 27.4 Å². The highest BCUT2D eigenvalue weighted by molar-refractivity contribution is 5.80. The fraction of sp³-hybridized carbons (Fsp3) is 0.222. The van der Waals surface area contributed by atoms with Gasteiger partial charge in [-0.25, -0.2) is 4.98 Å². The van der Waals surface area contributed by atoms with E-state index in [-0.39, 0.29) is 18.7 Å². The van der Waals surface area contributed by atoms with Gasteiger partial charge in [-0.05, 0) is 30.7 Å². The van der Waals surface area contributed by atoms with E-state index in [0.717, 1.165) is 5.56 Å². The Balaban J connectivity index is 1.74. The normalized spacial score (nSPS) is 12.3. The Morgan fingerprint density at radius 3 is 2.74 bits per heavy atom. The van der Waals surface area contributed by atoms with Gasteiger partial charge in [0, 0.05) is 0 Å². The Morgan fingerprint density at radius 2 is 1.96 bits per heavy atom. The summed E-state index contributed by atoms with van der Waals surface area (Å²) < 4.78 is 6.92. The van der Waals surface area contributed by atoms with Gasteiger partial charge < -0.3 is 9.84 Å². The van der Waals surface area contributed by atoms with Crippen LogP contribution in [0.3, 0.4) is 0 Å². The second-order valence-corrected chi connectivity index (χ2v) is 5.45. The van der Waals surface area contributed by atoms with Gasteiger partial charge in [0.2, 0.25) is 0 Å². The quantitative estimate of drug-likeness (QED) is 0.784. The number of para-hydroxylation sites is 2. The van der Waals surface area contributed by atoms with E-state index < -0.39 is 6.10 Å². The molecular formula is C18H18N2O3. The molecule has 1 aromatic heterocycles. The third kappa shape index (κ3) is 3.40. The summed E-state index contributed by atoms with van der Waals surface area (Å²) in [5.74, 6) is 0.686. The molecule has 23 heavy (non-hydrogen) atoms. The first-order valence-corrected chi connectivity index (χ1v) is 7.46. The van der Waals surface area contributed by atoms with E-state index in [1.54, 1.807) is 6.07 Å². The van der Waals surface area contributed by atoms with Crippen LogP contribution in [0.15, 0.2) is 59.7 Å². The lowest BCUT2D eigenvalue weighted by molar-refractivity contribution is 0.0915. The molecule has 0 saturated carbocycles. The largest absolute Gasteiger partial charge is 0.491 e. The number of hydrogen-bond donors (Lipinski definition) is 1. The Kier molecular flexibility index (Phi) is 4.39. The fourth-order valence-electron chi connectivity index (χ4n) is 2.46. The number of aryl methyl sites for hydroxylation is 1. The van der Waals surface area contributed by atoms with Gasteiger partial charge >= 0.3 is 0 Å². The summed E-state index contributed by atoms with van der Waals surface area (Å²) in [7, 11) is 0. The van der Waals surface area contributed by atoms with E-state index in [0.29, 0.717) is 16.7 Å². The van der Waals surface area contributed by atoms with E-state index in [9.17, 15) is 9.90 Å². The highest BCUT2D eigenvalue weighted by Crippen LogP contribution is 2.12. The highest BCUT2D eigenvalue weighted by atomic mass is 16.5. The number of rotatable bonds is 5. The molecule has 5 heteroatoms. The Bertz CT molecular complexity index is 859. The van der Waals surface area contributed by atoms with E-state index in [1.165, 1.54) is 10.9 Å². The summed E-state index contributed by atoms with van der Waals surface area (Å²) in [6.07, 6.45) is 0.681. The molecule has 0 radical (unpaired) electrons. The van der Waals surface area contributed by atoms with Crippen LogP contribution in [0.25, 0.3) is 10.9 Å². The minimum Gasteiger partial charge on any atom is -0.491 e. The third-order valence-corrected chi connectivity index (χ3v) is 3.65. The zero-order valence-corrected chi connectivity index (χ0v) is 12.8. The molecule has 1 unspecified atom stereocenters. The monoisotopic (exact) mass is 310 g/mol. The average Bonchev–Trinajstić information content (AvgIpc) is 2.57. The molecule has 0 fully saturated rings. The van der Waals surface area contributed by atoms with E-state index in [1.807, 2.05) is 49.4 Å². The molecule has 0 amide bonds. The average molecular weight is 310 g/mol. The van der Waals surface area contributed by atoms with Gasteiger partial charge in [0.1, 0.15) is 18.5 Å². The van der Waals surface area contributed by atoms with Crippen molar-refractivity contribution in [1.29, 1.82) is 0 Å². The molecule has 0 spiro atoms. The number of aliphatic hydroxyl groups excluding tert-OH is 1. The summed E-state index contributed by atoms with van der Waals surface area (Å²) in [6, 6.07) is 14.8. The van der Waals surface area contributed by atoms with Crippen LogP contribution >= 0.6 is 0 Å². The molecule has 5 nitrogen and oxygen atoms in total. The number of fused-ring (bicyclic) bond motifs is 1. The molecule has 0 aliphatic carbocycles. The number of aliphatic hydroxyl groups is 1. The molecule has 1 atom stereocenters. The second kappa shape index (κ2) is 6.62. The van der Waals surface area contributed by atoms with Gasteiger partial charge in [0.05, 0.1) is 23.8 Å². The van der Waals surface area contributed by atoms with Crippen LogP contribution in [-0.2, 0) is 6.54 Å². The van der Waals surface area contributed by atoms with Crippen LogP contribution in [0.4, 0.5) is 0 Å². The number of ether oxygens (including phenoxy) is 1. The van der Waals surface area contributed by atoms with E-state index in [4.69, 9.17) is 4.74 Å². The first-order valence-electron chi connectivity index (χ1n) is 7.46. The van der Waals surface area contributed by atoms with Crippen molar-refractivity contribution in [3.05, 3.63) is 70.8 Å². The first-order chi connectivity index (χ1) is 11.1. The lowest BCUT2D eigenvalue weighted by Crippen LogP contribution is -2.30. The summed E-state index contributed by atoms with van der Waals surface area (Å²) >= 11 is 0. The first kappa shape index (κ1) is 15.2. The van der Waals surface area contributed by atoms with Crippen molar-refractivity contribution in [3.63, 3.8) is 0 Å². The topological polar surface area (TPSA) is 64.4 Å².